The minimum absolute atomic E-state index is 0.0300. The van der Waals surface area contributed by atoms with Crippen LogP contribution in [0.2, 0.25) is 0 Å². The smallest absolute Gasteiger partial charge is 0.131 e. The molecule has 0 saturated heterocycles. The maximum Gasteiger partial charge on any atom is 0.131 e. The van der Waals surface area contributed by atoms with E-state index in [0.717, 1.165) is 43.0 Å². The first-order valence-corrected chi connectivity index (χ1v) is 9.26. The largest absolute Gasteiger partial charge is 0.252 e. The number of aryl methyl sites for hydroxylation is 1. The van der Waals surface area contributed by atoms with Crippen molar-refractivity contribution in [1.82, 2.24) is 9.97 Å². The Labute approximate surface area is 139 Å². The Morgan fingerprint density at radius 1 is 0.957 bits per heavy atom. The van der Waals surface area contributed by atoms with Gasteiger partial charge in [0.2, 0.25) is 0 Å². The first kappa shape index (κ1) is 16.8. The summed E-state index contributed by atoms with van der Waals surface area (Å²) < 4.78 is 0. The van der Waals surface area contributed by atoms with Crippen molar-refractivity contribution < 1.29 is 10.1 Å². The minimum atomic E-state index is 0.0300. The molecule has 1 atom stereocenters. The van der Waals surface area contributed by atoms with Crippen molar-refractivity contribution in [3.63, 3.8) is 0 Å². The Morgan fingerprint density at radius 2 is 1.48 bits per heavy atom. The van der Waals surface area contributed by atoms with Gasteiger partial charge < -0.3 is 0 Å². The molecule has 0 aliphatic heterocycles. The highest BCUT2D eigenvalue weighted by atomic mass is 17.1. The lowest BCUT2D eigenvalue weighted by Gasteiger charge is -2.38. The molecule has 2 saturated carbocycles. The lowest BCUT2D eigenvalue weighted by Crippen LogP contribution is -2.35. The zero-order chi connectivity index (χ0) is 16.2. The summed E-state index contributed by atoms with van der Waals surface area (Å²) in [7, 11) is 0. The number of rotatable bonds is 4. The number of nitrogens with zero attached hydrogens (tertiary/aromatic N) is 2. The van der Waals surface area contributed by atoms with Crippen LogP contribution >= 0.6 is 0 Å². The van der Waals surface area contributed by atoms with Gasteiger partial charge in [0, 0.05) is 18.3 Å². The lowest BCUT2D eigenvalue weighted by atomic mass is 9.71. The first-order valence-electron chi connectivity index (χ1n) is 9.26. The average molecular weight is 318 g/mol. The van der Waals surface area contributed by atoms with E-state index in [0.29, 0.717) is 17.8 Å². The van der Waals surface area contributed by atoms with Gasteiger partial charge in [-0.2, -0.15) is 0 Å². The van der Waals surface area contributed by atoms with E-state index in [1.165, 1.54) is 25.7 Å². The summed E-state index contributed by atoms with van der Waals surface area (Å²) in [5.41, 5.74) is 1.11. The molecule has 1 heterocycles. The Morgan fingerprint density at radius 3 is 2.00 bits per heavy atom. The van der Waals surface area contributed by atoms with Gasteiger partial charge in [0.25, 0.3) is 0 Å². The second-order valence-electron chi connectivity index (χ2n) is 7.82. The van der Waals surface area contributed by atoms with Crippen molar-refractivity contribution >= 4 is 0 Å². The molecule has 2 fully saturated rings. The molecule has 0 aromatic carbocycles. The third kappa shape index (κ3) is 4.10. The standard InChI is InChI=1S/C19H30N2O2/c1-13-3-5-15(6-4-13)18(23-22)16-7-9-17(10-8-16)19-20-11-14(2)12-21-19/h11-13,15-18,22H,3-10H2,1-2H3. The SMILES string of the molecule is Cc1cnc(C2CCC(C(OO)C3CCC(C)CC3)CC2)nc1. The highest BCUT2D eigenvalue weighted by Gasteiger charge is 2.36. The topological polar surface area (TPSA) is 55.2 Å². The predicted octanol–water partition coefficient (Wildman–Crippen LogP) is 4.74. The molecule has 1 aromatic rings. The monoisotopic (exact) mass is 318 g/mol. The maximum absolute atomic E-state index is 9.49. The minimum Gasteiger partial charge on any atom is -0.252 e. The second-order valence-corrected chi connectivity index (χ2v) is 7.82. The van der Waals surface area contributed by atoms with Crippen LogP contribution in [-0.4, -0.2) is 21.3 Å². The summed E-state index contributed by atoms with van der Waals surface area (Å²) in [4.78, 5) is 14.0. The van der Waals surface area contributed by atoms with E-state index in [1.54, 1.807) is 0 Å². The van der Waals surface area contributed by atoms with Gasteiger partial charge in [-0.15, -0.1) is 0 Å². The van der Waals surface area contributed by atoms with Crippen molar-refractivity contribution in [2.24, 2.45) is 17.8 Å². The van der Waals surface area contributed by atoms with Crippen molar-refractivity contribution in [3.05, 3.63) is 23.8 Å². The molecule has 4 nitrogen and oxygen atoms in total. The van der Waals surface area contributed by atoms with Gasteiger partial charge in [0.05, 0.1) is 6.10 Å². The van der Waals surface area contributed by atoms with E-state index in [-0.39, 0.29) is 6.10 Å². The third-order valence-corrected chi connectivity index (χ3v) is 6.05. The Kier molecular flexibility index (Phi) is 5.65. The van der Waals surface area contributed by atoms with Crippen LogP contribution in [0.25, 0.3) is 0 Å². The third-order valence-electron chi connectivity index (χ3n) is 6.05. The van der Waals surface area contributed by atoms with Crippen LogP contribution in [0.1, 0.15) is 75.6 Å². The lowest BCUT2D eigenvalue weighted by molar-refractivity contribution is -0.306. The molecule has 3 rings (SSSR count). The van der Waals surface area contributed by atoms with Gasteiger partial charge in [0.1, 0.15) is 5.82 Å². The molecule has 2 aliphatic carbocycles. The van der Waals surface area contributed by atoms with Gasteiger partial charge >= 0.3 is 0 Å². The zero-order valence-electron chi connectivity index (χ0n) is 14.4. The highest BCUT2D eigenvalue weighted by Crippen LogP contribution is 2.41. The van der Waals surface area contributed by atoms with Gasteiger partial charge in [-0.3, -0.25) is 5.26 Å². The van der Waals surface area contributed by atoms with Gasteiger partial charge in [-0.1, -0.05) is 19.8 Å². The fourth-order valence-electron chi connectivity index (χ4n) is 4.49. The molecule has 0 radical (unpaired) electrons. The van der Waals surface area contributed by atoms with E-state index in [9.17, 15) is 5.26 Å². The Hall–Kier alpha value is -1.00. The molecule has 0 bridgehead atoms. The first-order chi connectivity index (χ1) is 11.2. The van der Waals surface area contributed by atoms with Crippen LogP contribution in [0.4, 0.5) is 0 Å². The fourth-order valence-corrected chi connectivity index (χ4v) is 4.49. The van der Waals surface area contributed by atoms with Crippen molar-refractivity contribution in [3.8, 4) is 0 Å². The molecular weight excluding hydrogens is 288 g/mol. The summed E-state index contributed by atoms with van der Waals surface area (Å²) in [5, 5.41) is 9.49. The van der Waals surface area contributed by atoms with E-state index in [1.807, 2.05) is 19.3 Å². The van der Waals surface area contributed by atoms with Crippen LogP contribution in [0.5, 0.6) is 0 Å². The van der Waals surface area contributed by atoms with Crippen molar-refractivity contribution in [2.45, 2.75) is 77.2 Å². The fraction of sp³-hybridized carbons (Fsp3) is 0.789. The molecule has 1 unspecified atom stereocenters. The Bertz CT molecular complexity index is 475. The average Bonchev–Trinajstić information content (AvgIpc) is 2.59. The van der Waals surface area contributed by atoms with Crippen LogP contribution in [-0.2, 0) is 4.89 Å². The second kappa shape index (κ2) is 7.71. The summed E-state index contributed by atoms with van der Waals surface area (Å²) in [5.74, 6) is 3.31. The zero-order valence-corrected chi connectivity index (χ0v) is 14.4. The van der Waals surface area contributed by atoms with Crippen molar-refractivity contribution in [1.29, 1.82) is 0 Å². The summed E-state index contributed by atoms with van der Waals surface area (Å²) in [6.45, 7) is 4.35. The summed E-state index contributed by atoms with van der Waals surface area (Å²) >= 11 is 0. The molecule has 128 valence electrons. The maximum atomic E-state index is 9.49. The molecule has 2 aliphatic rings. The summed E-state index contributed by atoms with van der Waals surface area (Å²) in [6.07, 6.45) is 13.2. The van der Waals surface area contributed by atoms with Crippen molar-refractivity contribution in [2.75, 3.05) is 0 Å². The number of aromatic nitrogens is 2. The van der Waals surface area contributed by atoms with Gasteiger partial charge in [0.15, 0.2) is 0 Å². The molecule has 1 N–H and O–H groups in total. The van der Waals surface area contributed by atoms with E-state index in [2.05, 4.69) is 16.9 Å². The Balaban J connectivity index is 1.55. The van der Waals surface area contributed by atoms with Crippen LogP contribution < -0.4 is 0 Å². The molecule has 0 spiro atoms. The molecule has 4 heteroatoms. The van der Waals surface area contributed by atoms with Gasteiger partial charge in [-0.25, -0.2) is 14.9 Å². The summed E-state index contributed by atoms with van der Waals surface area (Å²) in [6, 6.07) is 0. The predicted molar refractivity (Wildman–Crippen MR) is 90.1 cm³/mol. The number of hydrogen-bond acceptors (Lipinski definition) is 4. The normalized spacial score (nSPS) is 33.3. The highest BCUT2D eigenvalue weighted by molar-refractivity contribution is 5.06. The van der Waals surface area contributed by atoms with E-state index >= 15 is 0 Å². The quantitative estimate of drug-likeness (QED) is 0.643. The molecule has 23 heavy (non-hydrogen) atoms. The van der Waals surface area contributed by atoms with E-state index in [4.69, 9.17) is 4.89 Å². The van der Waals surface area contributed by atoms with Crippen LogP contribution in [0.15, 0.2) is 12.4 Å². The molecule has 0 amide bonds. The van der Waals surface area contributed by atoms with E-state index < -0.39 is 0 Å². The molecular formula is C19H30N2O2. The van der Waals surface area contributed by atoms with Gasteiger partial charge in [-0.05, 0) is 68.8 Å². The number of hydrogen-bond donors (Lipinski definition) is 1. The molecule has 1 aromatic heterocycles. The van der Waals surface area contributed by atoms with Crippen LogP contribution in [0, 0.1) is 24.7 Å². The van der Waals surface area contributed by atoms with Crippen LogP contribution in [0.3, 0.4) is 0 Å².